The van der Waals surface area contributed by atoms with Crippen LogP contribution >= 0.6 is 15.9 Å². The normalized spacial score (nSPS) is 9.71. The molecule has 2 rings (SSSR count). The third-order valence-electron chi connectivity index (χ3n) is 2.65. The monoisotopic (exact) mass is 345 g/mol. The number of hydrogen-bond acceptors (Lipinski definition) is 4. The SMILES string of the molecule is N#Cc1cc(Br)ccc1OCC(=O)OCc1ccccc1. The second kappa shape index (κ2) is 7.46. The molecule has 21 heavy (non-hydrogen) atoms. The van der Waals surface area contributed by atoms with Crippen LogP contribution in [0.4, 0.5) is 0 Å². The Kier molecular flexibility index (Phi) is 5.35. The number of rotatable bonds is 5. The van der Waals surface area contributed by atoms with Crippen molar-refractivity contribution in [1.29, 1.82) is 5.26 Å². The molecule has 0 saturated carbocycles. The number of nitriles is 1. The minimum Gasteiger partial charge on any atom is -0.481 e. The zero-order valence-corrected chi connectivity index (χ0v) is 12.7. The zero-order valence-electron chi connectivity index (χ0n) is 11.1. The first-order valence-corrected chi connectivity index (χ1v) is 7.00. The van der Waals surface area contributed by atoms with Gasteiger partial charge in [0, 0.05) is 4.47 Å². The molecule has 0 bridgehead atoms. The van der Waals surface area contributed by atoms with Gasteiger partial charge in [0.15, 0.2) is 6.61 Å². The molecular formula is C16H12BrNO3. The number of hydrogen-bond donors (Lipinski definition) is 0. The lowest BCUT2D eigenvalue weighted by Gasteiger charge is -2.08. The first kappa shape index (κ1) is 15.1. The Bertz CT molecular complexity index is 665. The van der Waals surface area contributed by atoms with Gasteiger partial charge in [-0.25, -0.2) is 4.79 Å². The lowest BCUT2D eigenvalue weighted by Crippen LogP contribution is -2.15. The third-order valence-corrected chi connectivity index (χ3v) is 3.14. The smallest absolute Gasteiger partial charge is 0.344 e. The number of halogens is 1. The average molecular weight is 346 g/mol. The van der Waals surface area contributed by atoms with Gasteiger partial charge in [-0.3, -0.25) is 0 Å². The Morgan fingerprint density at radius 2 is 1.95 bits per heavy atom. The summed E-state index contributed by atoms with van der Waals surface area (Å²) in [6.07, 6.45) is 0. The Labute approximate surface area is 131 Å². The minimum atomic E-state index is -0.481. The number of benzene rings is 2. The van der Waals surface area contributed by atoms with Crippen LogP contribution in [-0.4, -0.2) is 12.6 Å². The van der Waals surface area contributed by atoms with Crippen LogP contribution in [0.2, 0.25) is 0 Å². The topological polar surface area (TPSA) is 59.3 Å². The molecule has 2 aromatic carbocycles. The molecule has 0 aliphatic heterocycles. The van der Waals surface area contributed by atoms with Gasteiger partial charge in [-0.05, 0) is 23.8 Å². The predicted octanol–water partition coefficient (Wildman–Crippen LogP) is 3.44. The van der Waals surface area contributed by atoms with Gasteiger partial charge in [0.2, 0.25) is 0 Å². The lowest BCUT2D eigenvalue weighted by atomic mass is 10.2. The molecule has 2 aromatic rings. The van der Waals surface area contributed by atoms with E-state index in [0.717, 1.165) is 10.0 Å². The molecule has 0 aromatic heterocycles. The van der Waals surface area contributed by atoms with Gasteiger partial charge in [0.05, 0.1) is 5.56 Å². The van der Waals surface area contributed by atoms with E-state index in [1.165, 1.54) is 0 Å². The highest BCUT2D eigenvalue weighted by molar-refractivity contribution is 9.10. The molecule has 106 valence electrons. The Hall–Kier alpha value is -2.32. The first-order chi connectivity index (χ1) is 10.2. The van der Waals surface area contributed by atoms with Crippen molar-refractivity contribution in [3.8, 4) is 11.8 Å². The summed E-state index contributed by atoms with van der Waals surface area (Å²) in [5.41, 5.74) is 1.27. The van der Waals surface area contributed by atoms with Crippen molar-refractivity contribution in [2.24, 2.45) is 0 Å². The lowest BCUT2D eigenvalue weighted by molar-refractivity contribution is -0.147. The van der Waals surface area contributed by atoms with E-state index in [0.29, 0.717) is 11.3 Å². The van der Waals surface area contributed by atoms with Crippen LogP contribution in [0.1, 0.15) is 11.1 Å². The first-order valence-electron chi connectivity index (χ1n) is 6.21. The van der Waals surface area contributed by atoms with E-state index in [2.05, 4.69) is 15.9 Å². The van der Waals surface area contributed by atoms with Crippen LogP contribution in [0.3, 0.4) is 0 Å². The molecule has 5 heteroatoms. The number of carbonyl (C=O) groups excluding carboxylic acids is 1. The van der Waals surface area contributed by atoms with Crippen LogP contribution in [0.5, 0.6) is 5.75 Å². The van der Waals surface area contributed by atoms with Crippen molar-refractivity contribution in [3.05, 3.63) is 64.1 Å². The minimum absolute atomic E-state index is 0.203. The molecule has 4 nitrogen and oxygen atoms in total. The van der Waals surface area contributed by atoms with Gasteiger partial charge >= 0.3 is 5.97 Å². The maximum absolute atomic E-state index is 11.6. The molecule has 0 atom stereocenters. The highest BCUT2D eigenvalue weighted by Crippen LogP contribution is 2.22. The van der Waals surface area contributed by atoms with Crippen LogP contribution in [-0.2, 0) is 16.1 Å². The van der Waals surface area contributed by atoms with Crippen LogP contribution in [0.15, 0.2) is 53.0 Å². The number of esters is 1. The van der Waals surface area contributed by atoms with Crippen LogP contribution in [0, 0.1) is 11.3 Å². The Morgan fingerprint density at radius 1 is 1.19 bits per heavy atom. The predicted molar refractivity (Wildman–Crippen MR) is 80.6 cm³/mol. The van der Waals surface area contributed by atoms with E-state index in [1.807, 2.05) is 36.4 Å². The van der Waals surface area contributed by atoms with Crippen molar-refractivity contribution in [1.82, 2.24) is 0 Å². The second-order valence-electron chi connectivity index (χ2n) is 4.19. The summed E-state index contributed by atoms with van der Waals surface area (Å²) in [6.45, 7) is -0.0301. The van der Waals surface area contributed by atoms with Crippen molar-refractivity contribution < 1.29 is 14.3 Å². The van der Waals surface area contributed by atoms with Gasteiger partial charge in [-0.2, -0.15) is 5.26 Å². The van der Waals surface area contributed by atoms with Gasteiger partial charge < -0.3 is 9.47 Å². The molecule has 0 heterocycles. The molecule has 0 amide bonds. The molecule has 0 radical (unpaired) electrons. The fourth-order valence-corrected chi connectivity index (χ4v) is 1.99. The number of nitrogens with zero attached hydrogens (tertiary/aromatic N) is 1. The fraction of sp³-hybridized carbons (Fsp3) is 0.125. The zero-order chi connectivity index (χ0) is 15.1. The van der Waals surface area contributed by atoms with E-state index in [-0.39, 0.29) is 13.2 Å². The second-order valence-corrected chi connectivity index (χ2v) is 5.10. The van der Waals surface area contributed by atoms with E-state index in [1.54, 1.807) is 18.2 Å². The van der Waals surface area contributed by atoms with Gasteiger partial charge in [0.25, 0.3) is 0 Å². The van der Waals surface area contributed by atoms with Gasteiger partial charge in [-0.15, -0.1) is 0 Å². The molecular weight excluding hydrogens is 334 g/mol. The standard InChI is InChI=1S/C16H12BrNO3/c17-14-6-7-15(13(8-14)9-18)20-11-16(19)21-10-12-4-2-1-3-5-12/h1-8H,10-11H2. The van der Waals surface area contributed by atoms with E-state index >= 15 is 0 Å². The van der Waals surface area contributed by atoms with E-state index in [9.17, 15) is 4.79 Å². The summed E-state index contributed by atoms with van der Waals surface area (Å²) < 4.78 is 11.2. The molecule has 0 spiro atoms. The van der Waals surface area contributed by atoms with Gasteiger partial charge in [-0.1, -0.05) is 46.3 Å². The quantitative estimate of drug-likeness (QED) is 0.778. The Balaban J connectivity index is 1.86. The molecule has 0 aliphatic carbocycles. The highest BCUT2D eigenvalue weighted by atomic mass is 79.9. The van der Waals surface area contributed by atoms with E-state index in [4.69, 9.17) is 14.7 Å². The summed E-state index contributed by atoms with van der Waals surface area (Å²) in [5.74, 6) is -0.122. The van der Waals surface area contributed by atoms with Crippen molar-refractivity contribution in [2.45, 2.75) is 6.61 Å². The average Bonchev–Trinajstić information content (AvgIpc) is 2.52. The Morgan fingerprint density at radius 3 is 2.67 bits per heavy atom. The third kappa shape index (κ3) is 4.62. The highest BCUT2D eigenvalue weighted by Gasteiger charge is 2.08. The summed E-state index contributed by atoms with van der Waals surface area (Å²) in [5, 5.41) is 8.99. The summed E-state index contributed by atoms with van der Waals surface area (Å²) in [7, 11) is 0. The summed E-state index contributed by atoms with van der Waals surface area (Å²) >= 11 is 3.27. The molecule has 0 N–H and O–H groups in total. The summed E-state index contributed by atoms with van der Waals surface area (Å²) in [6, 6.07) is 16.4. The maximum Gasteiger partial charge on any atom is 0.344 e. The fourth-order valence-electron chi connectivity index (χ4n) is 1.63. The molecule has 0 saturated heterocycles. The summed E-state index contributed by atoms with van der Waals surface area (Å²) in [4.78, 5) is 11.6. The van der Waals surface area contributed by atoms with Crippen molar-refractivity contribution in [2.75, 3.05) is 6.61 Å². The molecule has 0 aliphatic rings. The molecule has 0 fully saturated rings. The van der Waals surface area contributed by atoms with Gasteiger partial charge in [0.1, 0.15) is 18.4 Å². The van der Waals surface area contributed by atoms with Crippen LogP contribution in [0.25, 0.3) is 0 Å². The maximum atomic E-state index is 11.6. The number of carbonyl (C=O) groups is 1. The van der Waals surface area contributed by atoms with Crippen LogP contribution < -0.4 is 4.74 Å². The number of ether oxygens (including phenoxy) is 2. The molecule has 0 unspecified atom stereocenters. The van der Waals surface area contributed by atoms with E-state index < -0.39 is 5.97 Å². The largest absolute Gasteiger partial charge is 0.481 e. The van der Waals surface area contributed by atoms with Crippen molar-refractivity contribution >= 4 is 21.9 Å². The van der Waals surface area contributed by atoms with Crippen molar-refractivity contribution in [3.63, 3.8) is 0 Å².